The van der Waals surface area contributed by atoms with Gasteiger partial charge in [0.1, 0.15) is 0 Å². The Balaban J connectivity index is 0.000000200. The van der Waals surface area contributed by atoms with Crippen LogP contribution in [0.2, 0.25) is 0 Å². The van der Waals surface area contributed by atoms with E-state index in [-0.39, 0.29) is 0 Å². The van der Waals surface area contributed by atoms with Gasteiger partial charge in [0.2, 0.25) is 0 Å². The van der Waals surface area contributed by atoms with Crippen molar-refractivity contribution in [3.63, 3.8) is 0 Å². The highest BCUT2D eigenvalue weighted by Crippen LogP contribution is 2.57. The van der Waals surface area contributed by atoms with Crippen LogP contribution >= 0.6 is 0 Å². The molecule has 2 aliphatic rings. The van der Waals surface area contributed by atoms with Gasteiger partial charge in [-0.25, -0.2) is 0 Å². The largest absolute Gasteiger partial charge is 0.438 e. The molecule has 1 aliphatic heterocycles. The third kappa shape index (κ3) is 3.11. The van der Waals surface area contributed by atoms with E-state index < -0.39 is 17.3 Å². The van der Waals surface area contributed by atoms with E-state index in [9.17, 15) is 13.2 Å². The van der Waals surface area contributed by atoms with Crippen molar-refractivity contribution in [1.29, 1.82) is 0 Å². The molecule has 0 saturated heterocycles. The first-order chi connectivity index (χ1) is 8.16. The molecule has 0 amide bonds. The van der Waals surface area contributed by atoms with Gasteiger partial charge in [-0.3, -0.25) is 0 Å². The summed E-state index contributed by atoms with van der Waals surface area (Å²) in [5, 5.41) is 6.15. The minimum atomic E-state index is -4.34. The Hall–Kier alpha value is -0.610. The molecule has 19 heavy (non-hydrogen) atoms. The number of hydrogen-bond acceptors (Lipinski definition) is 2. The second-order valence-electron chi connectivity index (χ2n) is 7.93. The summed E-state index contributed by atoms with van der Waals surface area (Å²) in [6.07, 6.45) is -1.46. The smallest absolute Gasteiger partial charge is 0.166 e. The summed E-state index contributed by atoms with van der Waals surface area (Å²) in [5.74, 6) is 0. The van der Waals surface area contributed by atoms with Crippen LogP contribution in [0.4, 0.5) is 13.2 Å². The lowest BCUT2D eigenvalue weighted by molar-refractivity contribution is -0.186. The van der Waals surface area contributed by atoms with Gasteiger partial charge in [0.05, 0.1) is 0 Å². The van der Waals surface area contributed by atoms with Gasteiger partial charge in [0.15, 0.2) is 0 Å². The molecule has 0 spiro atoms. The van der Waals surface area contributed by atoms with Gasteiger partial charge in [0.25, 0.3) is 5.66 Å². The number of hydrogen-bond donors (Lipinski definition) is 0. The molecule has 112 valence electrons. The summed E-state index contributed by atoms with van der Waals surface area (Å²) in [6.45, 7) is 13.8. The maximum atomic E-state index is 12.2. The van der Waals surface area contributed by atoms with Crippen molar-refractivity contribution in [1.82, 2.24) is 0 Å². The van der Waals surface area contributed by atoms with Gasteiger partial charge in [-0.2, -0.15) is 13.2 Å². The first-order valence-corrected chi connectivity index (χ1v) is 6.67. The van der Waals surface area contributed by atoms with Crippen molar-refractivity contribution >= 4 is 0 Å². The van der Waals surface area contributed by atoms with Gasteiger partial charge in [-0.05, 0) is 23.7 Å². The molecule has 0 N–H and O–H groups in total. The average Bonchev–Trinajstić information content (AvgIpc) is 2.90. The zero-order valence-corrected chi connectivity index (χ0v) is 12.9. The van der Waals surface area contributed by atoms with Crippen molar-refractivity contribution in [2.45, 2.75) is 73.1 Å². The van der Waals surface area contributed by atoms with Crippen LogP contribution in [0.15, 0.2) is 10.2 Å². The van der Waals surface area contributed by atoms with E-state index in [1.54, 1.807) is 0 Å². The number of rotatable bonds is 0. The Bertz CT molecular complexity index is 340. The molecule has 2 nitrogen and oxygen atoms in total. The summed E-state index contributed by atoms with van der Waals surface area (Å²) >= 11 is 0. The maximum absolute atomic E-state index is 12.2. The standard InChI is InChI=1S/C8H16.C6H9F3N2/c1-7(2,3)8(4)5-6-8;1-4(2,3)5(10-11-5)6(7,8)9/h5-6H2,1-4H3;1-3H3. The van der Waals surface area contributed by atoms with Crippen molar-refractivity contribution in [3.8, 4) is 0 Å². The van der Waals surface area contributed by atoms with Crippen LogP contribution in [-0.4, -0.2) is 11.8 Å². The van der Waals surface area contributed by atoms with Crippen LogP contribution in [0.5, 0.6) is 0 Å². The molecule has 1 fully saturated rings. The van der Waals surface area contributed by atoms with Crippen molar-refractivity contribution in [2.75, 3.05) is 0 Å². The quantitative estimate of drug-likeness (QED) is 0.552. The zero-order valence-electron chi connectivity index (χ0n) is 12.9. The molecule has 0 atom stereocenters. The molecule has 0 aromatic heterocycles. The van der Waals surface area contributed by atoms with Gasteiger partial charge < -0.3 is 0 Å². The Morgan fingerprint density at radius 1 is 0.789 bits per heavy atom. The molecule has 1 aliphatic carbocycles. The maximum Gasteiger partial charge on any atom is 0.438 e. The van der Waals surface area contributed by atoms with Crippen LogP contribution < -0.4 is 0 Å². The zero-order chi connectivity index (χ0) is 15.3. The average molecular weight is 278 g/mol. The first kappa shape index (κ1) is 16.4. The van der Waals surface area contributed by atoms with E-state index in [4.69, 9.17) is 0 Å². The van der Waals surface area contributed by atoms with E-state index in [1.165, 1.54) is 33.6 Å². The molecule has 0 aromatic rings. The van der Waals surface area contributed by atoms with Crippen LogP contribution in [0.25, 0.3) is 0 Å². The van der Waals surface area contributed by atoms with E-state index in [2.05, 4.69) is 37.9 Å². The minimum Gasteiger partial charge on any atom is -0.166 e. The third-order valence-corrected chi connectivity index (χ3v) is 4.55. The van der Waals surface area contributed by atoms with Crippen LogP contribution in [0.3, 0.4) is 0 Å². The molecule has 5 heteroatoms. The topological polar surface area (TPSA) is 24.7 Å². The highest BCUT2D eigenvalue weighted by molar-refractivity contribution is 5.08. The van der Waals surface area contributed by atoms with Crippen molar-refractivity contribution in [2.24, 2.45) is 26.5 Å². The minimum absolute atomic E-state index is 0.549. The molecule has 0 unspecified atom stereocenters. The van der Waals surface area contributed by atoms with Crippen LogP contribution in [-0.2, 0) is 0 Å². The molecule has 0 radical (unpaired) electrons. The number of halogens is 3. The normalized spacial score (nSPS) is 23.5. The fourth-order valence-corrected chi connectivity index (χ4v) is 1.83. The fourth-order valence-electron chi connectivity index (χ4n) is 1.83. The Kier molecular flexibility index (Phi) is 3.63. The lowest BCUT2D eigenvalue weighted by Gasteiger charge is -2.27. The predicted molar refractivity (Wildman–Crippen MR) is 69.9 cm³/mol. The third-order valence-electron chi connectivity index (χ3n) is 4.55. The monoisotopic (exact) mass is 278 g/mol. The number of nitrogens with zero attached hydrogens (tertiary/aromatic N) is 2. The lowest BCUT2D eigenvalue weighted by Crippen LogP contribution is -2.44. The van der Waals surface area contributed by atoms with Crippen LogP contribution in [0, 0.1) is 16.2 Å². The molecular formula is C14H25F3N2. The number of alkyl halides is 3. The molecule has 1 heterocycles. The van der Waals surface area contributed by atoms with E-state index >= 15 is 0 Å². The van der Waals surface area contributed by atoms with Gasteiger partial charge >= 0.3 is 6.18 Å². The van der Waals surface area contributed by atoms with Crippen molar-refractivity contribution in [3.05, 3.63) is 0 Å². The predicted octanol–water partition coefficient (Wildman–Crippen LogP) is 5.59. The summed E-state index contributed by atoms with van der Waals surface area (Å²) < 4.78 is 36.6. The SMILES string of the molecule is CC(C)(C)C1(C(F)(F)F)N=N1.CC(C)(C)C1(C)CC1. The molecule has 1 saturated carbocycles. The van der Waals surface area contributed by atoms with E-state index in [0.717, 1.165) is 0 Å². The van der Waals surface area contributed by atoms with E-state index in [1.807, 2.05) is 0 Å². The Morgan fingerprint density at radius 2 is 1.16 bits per heavy atom. The summed E-state index contributed by atoms with van der Waals surface area (Å²) in [6, 6.07) is 0. The highest BCUT2D eigenvalue weighted by Gasteiger charge is 2.70. The first-order valence-electron chi connectivity index (χ1n) is 6.67. The molecule has 0 bridgehead atoms. The van der Waals surface area contributed by atoms with Gasteiger partial charge in [-0.15, -0.1) is 10.2 Å². The lowest BCUT2D eigenvalue weighted by atomic mass is 9.79. The Morgan fingerprint density at radius 3 is 1.16 bits per heavy atom. The second kappa shape index (κ2) is 4.19. The van der Waals surface area contributed by atoms with Gasteiger partial charge in [0, 0.05) is 5.41 Å². The summed E-state index contributed by atoms with van der Waals surface area (Å²) in [7, 11) is 0. The fraction of sp³-hybridized carbons (Fsp3) is 1.00. The highest BCUT2D eigenvalue weighted by atomic mass is 19.4. The summed E-state index contributed by atoms with van der Waals surface area (Å²) in [4.78, 5) is 0. The molecule has 0 aromatic carbocycles. The molecule has 2 rings (SSSR count). The molecular weight excluding hydrogens is 253 g/mol. The van der Waals surface area contributed by atoms with E-state index in [0.29, 0.717) is 10.8 Å². The van der Waals surface area contributed by atoms with Gasteiger partial charge in [-0.1, -0.05) is 48.5 Å². The second-order valence-corrected chi connectivity index (χ2v) is 7.93. The van der Waals surface area contributed by atoms with Crippen LogP contribution in [0.1, 0.15) is 61.3 Å². The summed E-state index contributed by atoms with van der Waals surface area (Å²) in [5.41, 5.74) is -1.86. The van der Waals surface area contributed by atoms with Crippen molar-refractivity contribution < 1.29 is 13.2 Å². The Labute approximate surface area is 113 Å².